The van der Waals surface area contributed by atoms with Gasteiger partial charge in [0.25, 0.3) is 0 Å². The summed E-state index contributed by atoms with van der Waals surface area (Å²) in [5.41, 5.74) is 5.44. The molecular formula is C16H19N3O. The topological polar surface area (TPSA) is 60.2 Å². The minimum Gasteiger partial charge on any atom is -0.495 e. The zero-order chi connectivity index (χ0) is 14.0. The van der Waals surface area contributed by atoms with E-state index in [1.54, 1.807) is 13.3 Å². The largest absolute Gasteiger partial charge is 0.495 e. The van der Waals surface area contributed by atoms with Crippen LogP contribution in [0.3, 0.4) is 0 Å². The van der Waals surface area contributed by atoms with Crippen molar-refractivity contribution in [1.82, 2.24) is 10.4 Å². The fraction of sp³-hybridized carbons (Fsp3) is 0.312. The third kappa shape index (κ3) is 2.17. The molecule has 4 heteroatoms. The highest BCUT2D eigenvalue weighted by Gasteiger charge is 2.51. The first-order valence-electron chi connectivity index (χ1n) is 6.81. The minimum absolute atomic E-state index is 0.0486. The minimum atomic E-state index is 0.0486. The Morgan fingerprint density at radius 2 is 2.00 bits per heavy atom. The maximum atomic E-state index is 5.84. The lowest BCUT2D eigenvalue weighted by Crippen LogP contribution is -2.36. The van der Waals surface area contributed by atoms with Crippen LogP contribution in [-0.4, -0.2) is 12.1 Å². The molecule has 1 aromatic heterocycles. The predicted octanol–water partition coefficient (Wildman–Crippen LogP) is 2.33. The van der Waals surface area contributed by atoms with Crippen molar-refractivity contribution in [3.05, 3.63) is 59.9 Å². The van der Waals surface area contributed by atoms with Gasteiger partial charge in [-0.05, 0) is 30.0 Å². The molecule has 0 aliphatic heterocycles. The van der Waals surface area contributed by atoms with Crippen LogP contribution in [0.15, 0.2) is 48.8 Å². The molecule has 1 aliphatic carbocycles. The third-order valence-corrected chi connectivity index (χ3v) is 4.16. The van der Waals surface area contributed by atoms with Crippen LogP contribution in [0.5, 0.6) is 5.75 Å². The lowest BCUT2D eigenvalue weighted by atomic mass is 9.85. The zero-order valence-electron chi connectivity index (χ0n) is 11.5. The molecule has 3 rings (SSSR count). The quantitative estimate of drug-likeness (QED) is 0.646. The molecule has 1 atom stereocenters. The van der Waals surface area contributed by atoms with E-state index in [1.807, 2.05) is 18.3 Å². The number of nitrogens with zero attached hydrogens (tertiary/aromatic N) is 1. The van der Waals surface area contributed by atoms with Crippen LogP contribution in [0.25, 0.3) is 0 Å². The number of pyridine rings is 1. The first-order chi connectivity index (χ1) is 9.80. The number of hydrazine groups is 1. The summed E-state index contributed by atoms with van der Waals surface area (Å²) in [5, 5.41) is 0. The molecule has 0 saturated heterocycles. The Balaban J connectivity index is 1.97. The van der Waals surface area contributed by atoms with E-state index in [0.717, 1.165) is 24.2 Å². The van der Waals surface area contributed by atoms with E-state index < -0.39 is 0 Å². The van der Waals surface area contributed by atoms with E-state index >= 15 is 0 Å². The van der Waals surface area contributed by atoms with Gasteiger partial charge in [0.2, 0.25) is 0 Å². The van der Waals surface area contributed by atoms with E-state index in [0.29, 0.717) is 0 Å². The molecule has 104 valence electrons. The van der Waals surface area contributed by atoms with Crippen molar-refractivity contribution in [2.45, 2.75) is 24.3 Å². The van der Waals surface area contributed by atoms with Crippen LogP contribution in [-0.2, 0) is 5.41 Å². The summed E-state index contributed by atoms with van der Waals surface area (Å²) in [7, 11) is 1.65. The third-order valence-electron chi connectivity index (χ3n) is 4.16. The van der Waals surface area contributed by atoms with Gasteiger partial charge in [0.1, 0.15) is 5.75 Å². The van der Waals surface area contributed by atoms with Gasteiger partial charge in [0.15, 0.2) is 0 Å². The summed E-state index contributed by atoms with van der Waals surface area (Å²) in [5.74, 6) is 6.60. The van der Waals surface area contributed by atoms with E-state index in [1.165, 1.54) is 5.56 Å². The van der Waals surface area contributed by atoms with Crippen molar-refractivity contribution in [3.8, 4) is 5.75 Å². The molecule has 3 N–H and O–H groups in total. The number of hydrogen-bond donors (Lipinski definition) is 2. The van der Waals surface area contributed by atoms with Gasteiger partial charge < -0.3 is 4.74 Å². The molecule has 4 nitrogen and oxygen atoms in total. The molecule has 20 heavy (non-hydrogen) atoms. The zero-order valence-corrected chi connectivity index (χ0v) is 11.5. The molecule has 0 radical (unpaired) electrons. The van der Waals surface area contributed by atoms with Crippen molar-refractivity contribution >= 4 is 0 Å². The Morgan fingerprint density at radius 3 is 2.60 bits per heavy atom. The molecule has 2 aromatic rings. The highest BCUT2D eigenvalue weighted by Crippen LogP contribution is 2.56. The van der Waals surface area contributed by atoms with Gasteiger partial charge in [-0.15, -0.1) is 0 Å². The van der Waals surface area contributed by atoms with Crippen molar-refractivity contribution in [1.29, 1.82) is 0 Å². The number of ether oxygens (including phenoxy) is 1. The molecule has 1 heterocycles. The number of aromatic nitrogens is 1. The fourth-order valence-corrected chi connectivity index (χ4v) is 2.93. The monoisotopic (exact) mass is 269 g/mol. The lowest BCUT2D eigenvalue weighted by Gasteiger charge is -2.27. The SMILES string of the molecule is COc1cncc(C(NN)C2(c3ccccc3)CC2)c1. The van der Waals surface area contributed by atoms with Gasteiger partial charge >= 0.3 is 0 Å². The van der Waals surface area contributed by atoms with Gasteiger partial charge in [0, 0.05) is 11.6 Å². The number of methoxy groups -OCH3 is 1. The molecule has 1 saturated carbocycles. The first kappa shape index (κ1) is 13.1. The summed E-state index contributed by atoms with van der Waals surface area (Å²) in [6.07, 6.45) is 5.82. The summed E-state index contributed by atoms with van der Waals surface area (Å²) >= 11 is 0. The van der Waals surface area contributed by atoms with Crippen LogP contribution in [0, 0.1) is 0 Å². The van der Waals surface area contributed by atoms with Crippen molar-refractivity contribution < 1.29 is 4.74 Å². The summed E-state index contributed by atoms with van der Waals surface area (Å²) in [6, 6.07) is 12.6. The number of benzene rings is 1. The molecule has 0 spiro atoms. The Labute approximate surface area is 119 Å². The lowest BCUT2D eigenvalue weighted by molar-refractivity contribution is 0.405. The average molecular weight is 269 g/mol. The maximum Gasteiger partial charge on any atom is 0.137 e. The van der Waals surface area contributed by atoms with Crippen LogP contribution in [0.1, 0.15) is 30.0 Å². The molecule has 1 aliphatic rings. The van der Waals surface area contributed by atoms with E-state index in [-0.39, 0.29) is 11.5 Å². The summed E-state index contributed by atoms with van der Waals surface area (Å²) in [6.45, 7) is 0. The highest BCUT2D eigenvalue weighted by atomic mass is 16.5. The Morgan fingerprint density at radius 1 is 1.25 bits per heavy atom. The normalized spacial score (nSPS) is 17.5. The predicted molar refractivity (Wildman–Crippen MR) is 78.2 cm³/mol. The van der Waals surface area contributed by atoms with Crippen LogP contribution in [0.2, 0.25) is 0 Å². The molecular weight excluding hydrogens is 250 g/mol. The molecule has 0 amide bonds. The smallest absolute Gasteiger partial charge is 0.137 e. The second kappa shape index (κ2) is 5.23. The Kier molecular flexibility index (Phi) is 3.42. The number of nitrogens with one attached hydrogen (secondary N) is 1. The van der Waals surface area contributed by atoms with Gasteiger partial charge in [-0.2, -0.15) is 0 Å². The highest BCUT2D eigenvalue weighted by molar-refractivity contribution is 5.39. The van der Waals surface area contributed by atoms with Crippen molar-refractivity contribution in [3.63, 3.8) is 0 Å². The van der Waals surface area contributed by atoms with Crippen molar-refractivity contribution in [2.24, 2.45) is 5.84 Å². The van der Waals surface area contributed by atoms with Gasteiger partial charge in [-0.1, -0.05) is 30.3 Å². The molecule has 1 unspecified atom stereocenters. The van der Waals surface area contributed by atoms with Crippen molar-refractivity contribution in [2.75, 3.05) is 7.11 Å². The molecule has 0 bridgehead atoms. The summed E-state index contributed by atoms with van der Waals surface area (Å²) < 4.78 is 5.26. The van der Waals surface area contributed by atoms with Gasteiger partial charge in [-0.25, -0.2) is 0 Å². The van der Waals surface area contributed by atoms with E-state index in [9.17, 15) is 0 Å². The average Bonchev–Trinajstić information content (AvgIpc) is 3.31. The van der Waals surface area contributed by atoms with Crippen LogP contribution < -0.4 is 16.0 Å². The molecule has 1 aromatic carbocycles. The van der Waals surface area contributed by atoms with E-state index in [2.05, 4.69) is 34.7 Å². The van der Waals surface area contributed by atoms with Crippen LogP contribution >= 0.6 is 0 Å². The van der Waals surface area contributed by atoms with Gasteiger partial charge in [0.05, 0.1) is 19.3 Å². The number of hydrogen-bond acceptors (Lipinski definition) is 4. The summed E-state index contributed by atoms with van der Waals surface area (Å²) in [4.78, 5) is 4.24. The standard InChI is InChI=1S/C16H19N3O/c1-20-14-9-12(10-18-11-14)15(19-17)16(7-8-16)13-5-3-2-4-6-13/h2-6,9-11,15,19H,7-8,17H2,1H3. The first-order valence-corrected chi connectivity index (χ1v) is 6.81. The maximum absolute atomic E-state index is 5.84. The number of rotatable bonds is 5. The van der Waals surface area contributed by atoms with E-state index in [4.69, 9.17) is 10.6 Å². The fourth-order valence-electron chi connectivity index (χ4n) is 2.93. The van der Waals surface area contributed by atoms with Crippen LogP contribution in [0.4, 0.5) is 0 Å². The second-order valence-corrected chi connectivity index (χ2v) is 5.28. The number of nitrogens with two attached hydrogens (primary N) is 1. The molecule has 1 fully saturated rings. The van der Waals surface area contributed by atoms with Gasteiger partial charge in [-0.3, -0.25) is 16.3 Å². The Bertz CT molecular complexity index is 581. The Hall–Kier alpha value is -1.91. The second-order valence-electron chi connectivity index (χ2n) is 5.28.